The van der Waals surface area contributed by atoms with Gasteiger partial charge in [0.05, 0.1) is 19.1 Å². The van der Waals surface area contributed by atoms with Crippen LogP contribution in [0.5, 0.6) is 0 Å². The monoisotopic (exact) mass is 372 g/mol. The molecule has 1 aliphatic rings. The Labute approximate surface area is 150 Å². The van der Waals surface area contributed by atoms with Gasteiger partial charge in [0.1, 0.15) is 11.6 Å². The number of ether oxygens (including phenoxy) is 3. The molecular formula is C15H24N4O5S. The van der Waals surface area contributed by atoms with E-state index in [-0.39, 0.29) is 18.2 Å². The van der Waals surface area contributed by atoms with Crippen molar-refractivity contribution in [2.24, 2.45) is 5.92 Å². The third-order valence-electron chi connectivity index (χ3n) is 3.87. The van der Waals surface area contributed by atoms with E-state index in [1.54, 1.807) is 26.2 Å². The van der Waals surface area contributed by atoms with Gasteiger partial charge in [-0.25, -0.2) is 0 Å². The van der Waals surface area contributed by atoms with Crippen LogP contribution in [-0.2, 0) is 30.4 Å². The van der Waals surface area contributed by atoms with Crippen LogP contribution in [0.2, 0.25) is 0 Å². The minimum atomic E-state index is -0.393. The first-order valence-electron chi connectivity index (χ1n) is 7.99. The second kappa shape index (κ2) is 9.76. The molecule has 2 amide bonds. The Kier molecular flexibility index (Phi) is 7.69. The van der Waals surface area contributed by atoms with Gasteiger partial charge in [-0.15, -0.1) is 10.2 Å². The van der Waals surface area contributed by atoms with E-state index in [4.69, 9.17) is 14.2 Å². The van der Waals surface area contributed by atoms with Gasteiger partial charge in [-0.3, -0.25) is 14.5 Å². The molecule has 2 rings (SSSR count). The maximum absolute atomic E-state index is 12.8. The number of carbonyl (C=O) groups excluding carboxylic acids is 2. The average Bonchev–Trinajstić information content (AvgIpc) is 3.21. The molecular weight excluding hydrogens is 348 g/mol. The lowest BCUT2D eigenvalue weighted by molar-refractivity contribution is -0.137. The maximum atomic E-state index is 12.8. The van der Waals surface area contributed by atoms with Crippen LogP contribution >= 0.6 is 11.3 Å². The number of aromatic nitrogens is 2. The van der Waals surface area contributed by atoms with Crippen molar-refractivity contribution in [1.29, 1.82) is 0 Å². The topological polar surface area (TPSA) is 94.1 Å². The highest BCUT2D eigenvalue weighted by Crippen LogP contribution is 2.29. The van der Waals surface area contributed by atoms with E-state index in [2.05, 4.69) is 10.2 Å². The van der Waals surface area contributed by atoms with Crippen LogP contribution in [-0.4, -0.2) is 81.1 Å². The zero-order valence-electron chi connectivity index (χ0n) is 14.8. The zero-order valence-corrected chi connectivity index (χ0v) is 15.6. The minimum Gasteiger partial charge on any atom is -0.383 e. The normalized spacial score (nSPS) is 17.3. The number of hydrogen-bond donors (Lipinski definition) is 0. The predicted octanol–water partition coefficient (Wildman–Crippen LogP) is 0.159. The van der Waals surface area contributed by atoms with Gasteiger partial charge in [-0.05, 0) is 0 Å². The third-order valence-corrected chi connectivity index (χ3v) is 4.79. The fraction of sp³-hybridized carbons (Fsp3) is 0.733. The lowest BCUT2D eigenvalue weighted by Gasteiger charge is -2.24. The van der Waals surface area contributed by atoms with Crippen LogP contribution in [0, 0.1) is 5.92 Å². The Bertz CT molecular complexity index is 574. The summed E-state index contributed by atoms with van der Waals surface area (Å²) in [4.78, 5) is 28.3. The fourth-order valence-corrected chi connectivity index (χ4v) is 3.42. The van der Waals surface area contributed by atoms with Gasteiger partial charge >= 0.3 is 0 Å². The Morgan fingerprint density at radius 3 is 2.48 bits per heavy atom. The molecule has 25 heavy (non-hydrogen) atoms. The number of hydrogen-bond acceptors (Lipinski definition) is 8. The molecule has 1 unspecified atom stereocenters. The molecule has 0 radical (unpaired) electrons. The van der Waals surface area contributed by atoms with E-state index in [9.17, 15) is 9.59 Å². The molecule has 1 aromatic rings. The van der Waals surface area contributed by atoms with Crippen molar-refractivity contribution in [1.82, 2.24) is 15.1 Å². The molecule has 0 aromatic carbocycles. The van der Waals surface area contributed by atoms with Gasteiger partial charge in [0.2, 0.25) is 16.9 Å². The molecule has 1 aliphatic heterocycles. The van der Waals surface area contributed by atoms with E-state index in [1.807, 2.05) is 0 Å². The van der Waals surface area contributed by atoms with Crippen LogP contribution in [0.1, 0.15) is 11.4 Å². The number of nitrogens with zero attached hydrogens (tertiary/aromatic N) is 4. The summed E-state index contributed by atoms with van der Waals surface area (Å²) in [6.07, 6.45) is 0.175. The van der Waals surface area contributed by atoms with Crippen molar-refractivity contribution in [3.8, 4) is 0 Å². The highest BCUT2D eigenvalue weighted by atomic mass is 32.1. The average molecular weight is 372 g/mol. The maximum Gasteiger partial charge on any atom is 0.229 e. The lowest BCUT2D eigenvalue weighted by Crippen LogP contribution is -2.41. The van der Waals surface area contributed by atoms with Crippen LogP contribution in [0.15, 0.2) is 0 Å². The van der Waals surface area contributed by atoms with E-state index < -0.39 is 5.92 Å². The van der Waals surface area contributed by atoms with E-state index in [0.717, 1.165) is 0 Å². The van der Waals surface area contributed by atoms with Crippen molar-refractivity contribution in [2.45, 2.75) is 13.0 Å². The standard InChI is InChI=1S/C15H24N4O5S/c1-22-6-4-18(5-7-23-2)14(21)11-8-13(20)19(9-11)15-17-16-12(25-15)10-24-3/h11H,4-10H2,1-3H3. The summed E-state index contributed by atoms with van der Waals surface area (Å²) in [5.41, 5.74) is 0. The highest BCUT2D eigenvalue weighted by Gasteiger charge is 2.38. The number of methoxy groups -OCH3 is 3. The highest BCUT2D eigenvalue weighted by molar-refractivity contribution is 7.15. The molecule has 0 aliphatic carbocycles. The Balaban J connectivity index is 2.01. The summed E-state index contributed by atoms with van der Waals surface area (Å²) in [7, 11) is 4.76. The summed E-state index contributed by atoms with van der Waals surface area (Å²) < 4.78 is 15.1. The Hall–Kier alpha value is -1.62. The van der Waals surface area contributed by atoms with Gasteiger partial charge in [0.25, 0.3) is 0 Å². The van der Waals surface area contributed by atoms with E-state index >= 15 is 0 Å². The molecule has 1 aromatic heterocycles. The molecule has 9 nitrogen and oxygen atoms in total. The SMILES string of the molecule is COCCN(CCOC)C(=O)C1CC(=O)N(c2nnc(COC)s2)C1. The summed E-state index contributed by atoms with van der Waals surface area (Å²) >= 11 is 1.30. The Morgan fingerprint density at radius 2 is 1.88 bits per heavy atom. The summed E-state index contributed by atoms with van der Waals surface area (Å²) in [5.74, 6) is -0.570. The molecule has 0 saturated carbocycles. The van der Waals surface area contributed by atoms with Gasteiger partial charge < -0.3 is 19.1 Å². The third kappa shape index (κ3) is 5.18. The second-order valence-electron chi connectivity index (χ2n) is 5.63. The van der Waals surface area contributed by atoms with Crippen molar-refractivity contribution >= 4 is 28.3 Å². The van der Waals surface area contributed by atoms with E-state index in [1.165, 1.54) is 16.2 Å². The van der Waals surface area contributed by atoms with Crippen molar-refractivity contribution < 1.29 is 23.8 Å². The molecule has 10 heteroatoms. The second-order valence-corrected chi connectivity index (χ2v) is 6.67. The zero-order chi connectivity index (χ0) is 18.2. The molecule has 0 spiro atoms. The number of anilines is 1. The summed E-state index contributed by atoms with van der Waals surface area (Å²) in [5, 5.41) is 9.23. The number of carbonyl (C=O) groups is 2. The molecule has 2 heterocycles. The molecule has 1 saturated heterocycles. The first kappa shape index (κ1) is 19.7. The molecule has 140 valence electrons. The van der Waals surface area contributed by atoms with Crippen LogP contribution in [0.4, 0.5) is 5.13 Å². The summed E-state index contributed by atoms with van der Waals surface area (Å²) in [6.45, 7) is 2.49. The van der Waals surface area contributed by atoms with Crippen LogP contribution in [0.3, 0.4) is 0 Å². The lowest BCUT2D eigenvalue weighted by atomic mass is 10.1. The van der Waals surface area contributed by atoms with Crippen molar-refractivity contribution in [3.05, 3.63) is 5.01 Å². The quantitative estimate of drug-likeness (QED) is 0.577. The molecule has 0 bridgehead atoms. The number of amides is 2. The smallest absolute Gasteiger partial charge is 0.229 e. The van der Waals surface area contributed by atoms with Crippen LogP contribution < -0.4 is 4.90 Å². The fourth-order valence-electron chi connectivity index (χ4n) is 2.59. The van der Waals surface area contributed by atoms with Crippen molar-refractivity contribution in [3.63, 3.8) is 0 Å². The van der Waals surface area contributed by atoms with Gasteiger partial charge in [-0.1, -0.05) is 11.3 Å². The van der Waals surface area contributed by atoms with Gasteiger partial charge in [0, 0.05) is 47.4 Å². The summed E-state index contributed by atoms with van der Waals surface area (Å²) in [6, 6.07) is 0. The van der Waals surface area contributed by atoms with Gasteiger partial charge in [-0.2, -0.15) is 0 Å². The predicted molar refractivity (Wildman–Crippen MR) is 91.4 cm³/mol. The largest absolute Gasteiger partial charge is 0.383 e. The van der Waals surface area contributed by atoms with E-state index in [0.29, 0.717) is 49.6 Å². The minimum absolute atomic E-state index is 0.0634. The van der Waals surface area contributed by atoms with Gasteiger partial charge in [0.15, 0.2) is 0 Å². The first-order chi connectivity index (χ1) is 12.1. The molecule has 1 fully saturated rings. The van der Waals surface area contributed by atoms with Crippen LogP contribution in [0.25, 0.3) is 0 Å². The van der Waals surface area contributed by atoms with Crippen molar-refractivity contribution in [2.75, 3.05) is 59.1 Å². The number of rotatable bonds is 10. The molecule has 0 N–H and O–H groups in total. The molecule has 1 atom stereocenters. The first-order valence-corrected chi connectivity index (χ1v) is 8.80. The Morgan fingerprint density at radius 1 is 1.20 bits per heavy atom.